The van der Waals surface area contributed by atoms with Crippen molar-refractivity contribution >= 4 is 5.91 Å². The average Bonchev–Trinajstić information content (AvgIpc) is 2.94. The third kappa shape index (κ3) is 28.0. The van der Waals surface area contributed by atoms with Crippen LogP contribution in [-0.4, -0.2) is 34.9 Å². The monoisotopic (exact) mass is 547 g/mol. The summed E-state index contributed by atoms with van der Waals surface area (Å²) in [5.41, 5.74) is 0. The molecule has 0 saturated heterocycles. The molecule has 0 radical (unpaired) electrons. The van der Waals surface area contributed by atoms with Crippen LogP contribution in [0, 0.1) is 0 Å². The fraction of sp³-hybridized carbons (Fsp3) is 0.800. The summed E-state index contributed by atoms with van der Waals surface area (Å²) in [5, 5.41) is 22.8. The van der Waals surface area contributed by atoms with Crippen molar-refractivity contribution in [3.8, 4) is 0 Å². The Hall–Kier alpha value is -1.39. The maximum Gasteiger partial charge on any atom is 0.220 e. The Bertz CT molecular complexity index is 599. The molecule has 0 aliphatic heterocycles. The van der Waals surface area contributed by atoms with E-state index in [9.17, 15) is 15.0 Å². The highest BCUT2D eigenvalue weighted by Gasteiger charge is 2.17. The molecular formula is C35H65NO3. The lowest BCUT2D eigenvalue weighted by atomic mass is 10.0. The second-order valence-corrected chi connectivity index (χ2v) is 11.2. The van der Waals surface area contributed by atoms with E-state index in [0.717, 1.165) is 38.5 Å². The summed E-state index contributed by atoms with van der Waals surface area (Å²) in [6.45, 7) is 4.24. The number of amides is 1. The zero-order chi connectivity index (χ0) is 28.7. The predicted molar refractivity (Wildman–Crippen MR) is 170 cm³/mol. The van der Waals surface area contributed by atoms with Crippen molar-refractivity contribution in [2.75, 3.05) is 6.61 Å². The Kier molecular flexibility index (Phi) is 30.0. The van der Waals surface area contributed by atoms with E-state index < -0.39 is 12.1 Å². The van der Waals surface area contributed by atoms with Gasteiger partial charge in [-0.05, 0) is 44.9 Å². The highest BCUT2D eigenvalue weighted by atomic mass is 16.3. The number of aliphatic hydroxyl groups is 2. The van der Waals surface area contributed by atoms with E-state index in [0.29, 0.717) is 6.42 Å². The SMILES string of the molecule is CCCCC/C=C/CC/C=C/CC/C=C/C(O)C(CO)NC(=O)CCCCCCCCCCCCCCCC. The van der Waals surface area contributed by atoms with Gasteiger partial charge in [-0.1, -0.05) is 147 Å². The quantitative estimate of drug-likeness (QED) is 0.0645. The molecule has 0 fully saturated rings. The van der Waals surface area contributed by atoms with Crippen molar-refractivity contribution in [1.29, 1.82) is 0 Å². The van der Waals surface area contributed by atoms with E-state index in [2.05, 4.69) is 43.5 Å². The molecule has 39 heavy (non-hydrogen) atoms. The first kappa shape index (κ1) is 37.6. The van der Waals surface area contributed by atoms with Gasteiger partial charge >= 0.3 is 0 Å². The molecule has 4 nitrogen and oxygen atoms in total. The van der Waals surface area contributed by atoms with Crippen LogP contribution in [0.4, 0.5) is 0 Å². The van der Waals surface area contributed by atoms with Crippen LogP contribution in [-0.2, 0) is 4.79 Å². The standard InChI is InChI=1S/C35H65NO3/c1-3-5-7-9-11-13-15-17-19-21-23-25-27-29-31-35(39)36-33(32-37)34(38)30-28-26-24-22-20-18-16-14-12-10-8-6-4-2/h12,14,20,22,28,30,33-34,37-38H,3-11,13,15-19,21,23-27,29,31-32H2,1-2H3,(H,36,39)/b14-12+,22-20+,30-28+. The number of rotatable bonds is 29. The van der Waals surface area contributed by atoms with Crippen LogP contribution in [0.2, 0.25) is 0 Å². The van der Waals surface area contributed by atoms with Gasteiger partial charge < -0.3 is 15.5 Å². The van der Waals surface area contributed by atoms with Crippen molar-refractivity contribution in [2.45, 2.75) is 174 Å². The third-order valence-corrected chi connectivity index (χ3v) is 7.35. The van der Waals surface area contributed by atoms with Gasteiger partial charge in [0.1, 0.15) is 0 Å². The molecule has 0 aromatic rings. The maximum atomic E-state index is 12.3. The second kappa shape index (κ2) is 31.1. The Balaban J connectivity index is 3.72. The van der Waals surface area contributed by atoms with Crippen molar-refractivity contribution < 1.29 is 15.0 Å². The molecule has 3 N–H and O–H groups in total. The van der Waals surface area contributed by atoms with Crippen molar-refractivity contribution in [2.24, 2.45) is 0 Å². The topological polar surface area (TPSA) is 69.6 Å². The summed E-state index contributed by atoms with van der Waals surface area (Å²) in [6, 6.07) is -0.639. The van der Waals surface area contributed by atoms with Crippen LogP contribution in [0.25, 0.3) is 0 Å². The van der Waals surface area contributed by atoms with Crippen LogP contribution in [0.15, 0.2) is 36.5 Å². The number of nitrogens with one attached hydrogen (secondary N) is 1. The van der Waals surface area contributed by atoms with Gasteiger partial charge in [0.2, 0.25) is 5.91 Å². The minimum absolute atomic E-state index is 0.0808. The van der Waals surface area contributed by atoms with Gasteiger partial charge in [0.05, 0.1) is 18.8 Å². The molecule has 0 spiro atoms. The Morgan fingerprint density at radius 2 is 1.00 bits per heavy atom. The molecular weight excluding hydrogens is 482 g/mol. The summed E-state index contributed by atoms with van der Waals surface area (Å²) < 4.78 is 0. The number of aliphatic hydroxyl groups excluding tert-OH is 2. The average molecular weight is 548 g/mol. The largest absolute Gasteiger partial charge is 0.394 e. The molecule has 2 unspecified atom stereocenters. The molecule has 0 aliphatic carbocycles. The van der Waals surface area contributed by atoms with Gasteiger partial charge in [0.25, 0.3) is 0 Å². The molecule has 0 aromatic heterocycles. The lowest BCUT2D eigenvalue weighted by Gasteiger charge is -2.19. The van der Waals surface area contributed by atoms with E-state index in [-0.39, 0.29) is 12.5 Å². The van der Waals surface area contributed by atoms with Gasteiger partial charge in [-0.25, -0.2) is 0 Å². The smallest absolute Gasteiger partial charge is 0.220 e. The predicted octanol–water partition coefficient (Wildman–Crippen LogP) is 9.51. The molecule has 4 heteroatoms. The van der Waals surface area contributed by atoms with Crippen LogP contribution in [0.3, 0.4) is 0 Å². The molecule has 0 rings (SSSR count). The van der Waals surface area contributed by atoms with E-state index >= 15 is 0 Å². The number of unbranched alkanes of at least 4 members (excludes halogenated alkanes) is 18. The summed E-state index contributed by atoms with van der Waals surface area (Å²) >= 11 is 0. The minimum atomic E-state index is -0.864. The summed E-state index contributed by atoms with van der Waals surface area (Å²) in [4.78, 5) is 12.3. The number of carbonyl (C=O) groups is 1. The van der Waals surface area contributed by atoms with E-state index in [1.807, 2.05) is 6.08 Å². The first-order valence-corrected chi connectivity index (χ1v) is 16.7. The summed E-state index contributed by atoms with van der Waals surface area (Å²) in [5.74, 6) is -0.0808. The summed E-state index contributed by atoms with van der Waals surface area (Å²) in [7, 11) is 0. The Morgan fingerprint density at radius 3 is 1.49 bits per heavy atom. The molecule has 0 heterocycles. The highest BCUT2D eigenvalue weighted by molar-refractivity contribution is 5.76. The highest BCUT2D eigenvalue weighted by Crippen LogP contribution is 2.13. The zero-order valence-electron chi connectivity index (χ0n) is 25.9. The molecule has 228 valence electrons. The van der Waals surface area contributed by atoms with Crippen LogP contribution in [0.5, 0.6) is 0 Å². The number of carbonyl (C=O) groups excluding carboxylic acids is 1. The van der Waals surface area contributed by atoms with Crippen molar-refractivity contribution in [3.05, 3.63) is 36.5 Å². The fourth-order valence-electron chi connectivity index (χ4n) is 4.74. The molecule has 0 bridgehead atoms. The van der Waals surface area contributed by atoms with Gasteiger partial charge in [-0.3, -0.25) is 4.79 Å². The van der Waals surface area contributed by atoms with Gasteiger partial charge in [-0.15, -0.1) is 0 Å². The van der Waals surface area contributed by atoms with E-state index in [4.69, 9.17) is 0 Å². The van der Waals surface area contributed by atoms with Gasteiger partial charge in [-0.2, -0.15) is 0 Å². The minimum Gasteiger partial charge on any atom is -0.394 e. The van der Waals surface area contributed by atoms with Crippen LogP contribution < -0.4 is 5.32 Å². The maximum absolute atomic E-state index is 12.3. The lowest BCUT2D eigenvalue weighted by Crippen LogP contribution is -2.45. The van der Waals surface area contributed by atoms with E-state index in [1.165, 1.54) is 103 Å². The number of hydrogen-bond acceptors (Lipinski definition) is 3. The second-order valence-electron chi connectivity index (χ2n) is 11.2. The third-order valence-electron chi connectivity index (χ3n) is 7.35. The molecule has 0 aliphatic rings. The molecule has 2 atom stereocenters. The Labute approximate surface area is 242 Å². The van der Waals surface area contributed by atoms with Crippen LogP contribution in [0.1, 0.15) is 162 Å². The van der Waals surface area contributed by atoms with Crippen molar-refractivity contribution in [3.63, 3.8) is 0 Å². The van der Waals surface area contributed by atoms with Gasteiger partial charge in [0, 0.05) is 6.42 Å². The Morgan fingerprint density at radius 1 is 0.590 bits per heavy atom. The number of hydrogen-bond donors (Lipinski definition) is 3. The molecule has 1 amide bonds. The van der Waals surface area contributed by atoms with Crippen LogP contribution >= 0.6 is 0 Å². The fourth-order valence-corrected chi connectivity index (χ4v) is 4.74. The first-order valence-electron chi connectivity index (χ1n) is 16.7. The van der Waals surface area contributed by atoms with Gasteiger partial charge in [0.15, 0.2) is 0 Å². The lowest BCUT2D eigenvalue weighted by molar-refractivity contribution is -0.123. The normalized spacial score (nSPS) is 13.6. The first-order chi connectivity index (χ1) is 19.2. The van der Waals surface area contributed by atoms with Crippen molar-refractivity contribution in [1.82, 2.24) is 5.32 Å². The zero-order valence-corrected chi connectivity index (χ0v) is 25.9. The number of allylic oxidation sites excluding steroid dienone is 5. The van der Waals surface area contributed by atoms with E-state index in [1.54, 1.807) is 6.08 Å². The molecule has 0 saturated carbocycles. The molecule has 0 aromatic carbocycles. The summed E-state index contributed by atoms with van der Waals surface area (Å²) in [6.07, 6.45) is 39.3.